The number of rotatable bonds is 6. The van der Waals surface area contributed by atoms with Crippen LogP contribution in [0.15, 0.2) is 30.3 Å². The maximum absolute atomic E-state index is 5.89. The second-order valence-electron chi connectivity index (χ2n) is 5.20. The van der Waals surface area contributed by atoms with Gasteiger partial charge in [0.05, 0.1) is 0 Å². The van der Waals surface area contributed by atoms with Crippen molar-refractivity contribution in [3.05, 3.63) is 49.2 Å². The van der Waals surface area contributed by atoms with Gasteiger partial charge in [-0.1, -0.05) is 6.07 Å². The van der Waals surface area contributed by atoms with Crippen molar-refractivity contribution >= 4 is 33.9 Å². The van der Waals surface area contributed by atoms with Crippen molar-refractivity contribution in [2.24, 2.45) is 0 Å². The highest BCUT2D eigenvalue weighted by Gasteiger charge is 2.20. The number of halogens is 1. The fourth-order valence-electron chi connectivity index (χ4n) is 2.07. The Kier molecular flexibility index (Phi) is 4.63. The molecule has 0 spiro atoms. The highest BCUT2D eigenvalue weighted by atomic mass is 127. The largest absolute Gasteiger partial charge is 0.489 e. The number of nitrogens with one attached hydrogen (secondary N) is 1. The van der Waals surface area contributed by atoms with E-state index in [1.807, 2.05) is 23.5 Å². The summed E-state index contributed by atoms with van der Waals surface area (Å²) in [5, 5.41) is 3.56. The van der Waals surface area contributed by atoms with Crippen LogP contribution in [0.1, 0.15) is 28.2 Å². The maximum Gasteiger partial charge on any atom is 0.120 e. The summed E-state index contributed by atoms with van der Waals surface area (Å²) >= 11 is 4.19. The molecule has 0 radical (unpaired) electrons. The summed E-state index contributed by atoms with van der Waals surface area (Å²) < 4.78 is 7.09. The third-order valence-corrected chi connectivity index (χ3v) is 5.17. The van der Waals surface area contributed by atoms with Gasteiger partial charge in [0.1, 0.15) is 12.4 Å². The Morgan fingerprint density at radius 1 is 1.35 bits per heavy atom. The van der Waals surface area contributed by atoms with Crippen LogP contribution in [0.5, 0.6) is 5.75 Å². The summed E-state index contributed by atoms with van der Waals surface area (Å²) in [6.07, 6.45) is 2.68. The standard InChI is InChI=1S/C16H18INOS/c1-11-12(7-16(20-11)9-18-14-5-6-14)10-19-15-4-2-3-13(17)8-15/h2-4,7-8,14,18H,5-6,9-10H2,1H3. The third-order valence-electron chi connectivity index (χ3n) is 3.40. The Bertz CT molecular complexity index is 592. The van der Waals surface area contributed by atoms with Crippen LogP contribution in [0, 0.1) is 10.5 Å². The minimum Gasteiger partial charge on any atom is -0.489 e. The molecule has 0 aliphatic heterocycles. The molecule has 1 aromatic heterocycles. The first-order chi connectivity index (χ1) is 9.70. The van der Waals surface area contributed by atoms with Crippen molar-refractivity contribution in [1.82, 2.24) is 5.32 Å². The van der Waals surface area contributed by atoms with Crippen LogP contribution in [0.4, 0.5) is 0 Å². The quantitative estimate of drug-likeness (QED) is 0.723. The van der Waals surface area contributed by atoms with E-state index in [9.17, 15) is 0 Å². The van der Waals surface area contributed by atoms with Crippen molar-refractivity contribution < 1.29 is 4.74 Å². The molecule has 106 valence electrons. The molecule has 1 fully saturated rings. The lowest BCUT2D eigenvalue weighted by atomic mass is 10.2. The highest BCUT2D eigenvalue weighted by Crippen LogP contribution is 2.25. The highest BCUT2D eigenvalue weighted by molar-refractivity contribution is 14.1. The van der Waals surface area contributed by atoms with Crippen LogP contribution in [0.2, 0.25) is 0 Å². The van der Waals surface area contributed by atoms with Crippen LogP contribution in [-0.2, 0) is 13.2 Å². The zero-order valence-corrected chi connectivity index (χ0v) is 14.5. The second-order valence-corrected chi connectivity index (χ2v) is 7.78. The third kappa shape index (κ3) is 3.96. The smallest absolute Gasteiger partial charge is 0.120 e. The Balaban J connectivity index is 1.58. The van der Waals surface area contributed by atoms with Gasteiger partial charge in [-0.15, -0.1) is 11.3 Å². The van der Waals surface area contributed by atoms with E-state index in [0.717, 1.165) is 18.3 Å². The summed E-state index contributed by atoms with van der Waals surface area (Å²) in [4.78, 5) is 2.78. The second kappa shape index (κ2) is 6.45. The molecular formula is C16H18INOS. The number of aryl methyl sites for hydroxylation is 1. The van der Waals surface area contributed by atoms with Gasteiger partial charge in [-0.2, -0.15) is 0 Å². The molecule has 1 aromatic carbocycles. The molecule has 2 aromatic rings. The monoisotopic (exact) mass is 399 g/mol. The van der Waals surface area contributed by atoms with Gasteiger partial charge in [0.2, 0.25) is 0 Å². The van der Waals surface area contributed by atoms with Gasteiger partial charge in [0.25, 0.3) is 0 Å². The molecular weight excluding hydrogens is 381 g/mol. The number of hydrogen-bond acceptors (Lipinski definition) is 3. The summed E-state index contributed by atoms with van der Waals surface area (Å²) in [7, 11) is 0. The lowest BCUT2D eigenvalue weighted by Crippen LogP contribution is -2.14. The van der Waals surface area contributed by atoms with Crippen LogP contribution >= 0.6 is 33.9 Å². The number of ether oxygens (including phenoxy) is 1. The van der Waals surface area contributed by atoms with Crippen molar-refractivity contribution in [3.8, 4) is 5.75 Å². The van der Waals surface area contributed by atoms with Crippen LogP contribution < -0.4 is 10.1 Å². The predicted octanol–water partition coefficient (Wildman–Crippen LogP) is 4.49. The zero-order chi connectivity index (χ0) is 13.9. The molecule has 3 rings (SSSR count). The summed E-state index contributed by atoms with van der Waals surface area (Å²) in [6, 6.07) is 11.2. The molecule has 20 heavy (non-hydrogen) atoms. The molecule has 1 heterocycles. The van der Waals surface area contributed by atoms with Crippen molar-refractivity contribution in [2.75, 3.05) is 0 Å². The molecule has 1 saturated carbocycles. The van der Waals surface area contributed by atoms with Crippen LogP contribution in [0.25, 0.3) is 0 Å². The van der Waals surface area contributed by atoms with Gasteiger partial charge in [-0.3, -0.25) is 0 Å². The van der Waals surface area contributed by atoms with Gasteiger partial charge in [0, 0.05) is 31.5 Å². The molecule has 0 atom stereocenters. The maximum atomic E-state index is 5.89. The first-order valence-electron chi connectivity index (χ1n) is 6.90. The molecule has 1 aliphatic rings. The van der Waals surface area contributed by atoms with E-state index in [1.165, 1.54) is 31.7 Å². The van der Waals surface area contributed by atoms with Gasteiger partial charge in [0.15, 0.2) is 0 Å². The number of benzene rings is 1. The molecule has 1 aliphatic carbocycles. The van der Waals surface area contributed by atoms with E-state index in [1.54, 1.807) is 0 Å². The first-order valence-corrected chi connectivity index (χ1v) is 8.80. The molecule has 0 amide bonds. The van der Waals surface area contributed by atoms with Gasteiger partial charge in [-0.05, 0) is 66.6 Å². The lowest BCUT2D eigenvalue weighted by molar-refractivity contribution is 0.306. The minimum atomic E-state index is 0.659. The lowest BCUT2D eigenvalue weighted by Gasteiger charge is -2.05. The molecule has 0 bridgehead atoms. The first kappa shape index (κ1) is 14.4. The van der Waals surface area contributed by atoms with E-state index in [0.29, 0.717) is 6.61 Å². The topological polar surface area (TPSA) is 21.3 Å². The average Bonchev–Trinajstić information content (AvgIpc) is 3.18. The van der Waals surface area contributed by atoms with Gasteiger partial charge < -0.3 is 10.1 Å². The zero-order valence-electron chi connectivity index (χ0n) is 11.5. The minimum absolute atomic E-state index is 0.659. The van der Waals surface area contributed by atoms with Crippen molar-refractivity contribution in [1.29, 1.82) is 0 Å². The Morgan fingerprint density at radius 3 is 2.95 bits per heavy atom. The normalized spacial score (nSPS) is 14.5. The SMILES string of the molecule is Cc1sc(CNC2CC2)cc1COc1cccc(I)c1. The van der Waals surface area contributed by atoms with E-state index >= 15 is 0 Å². The van der Waals surface area contributed by atoms with E-state index in [4.69, 9.17) is 4.74 Å². The fraction of sp³-hybridized carbons (Fsp3) is 0.375. The molecule has 0 saturated heterocycles. The summed E-state index contributed by atoms with van der Waals surface area (Å²) in [5.41, 5.74) is 1.31. The fourth-order valence-corrected chi connectivity index (χ4v) is 3.58. The Hall–Kier alpha value is -0.590. The molecule has 4 heteroatoms. The van der Waals surface area contributed by atoms with Crippen LogP contribution in [0.3, 0.4) is 0 Å². The predicted molar refractivity (Wildman–Crippen MR) is 92.4 cm³/mol. The van der Waals surface area contributed by atoms with E-state index < -0.39 is 0 Å². The number of thiophene rings is 1. The average molecular weight is 399 g/mol. The van der Waals surface area contributed by atoms with E-state index in [2.05, 4.69) is 53.0 Å². The van der Waals surface area contributed by atoms with Crippen molar-refractivity contribution in [2.45, 2.75) is 39.0 Å². The Labute approximate surface area is 137 Å². The van der Waals surface area contributed by atoms with E-state index in [-0.39, 0.29) is 0 Å². The van der Waals surface area contributed by atoms with Crippen molar-refractivity contribution in [3.63, 3.8) is 0 Å². The van der Waals surface area contributed by atoms with Gasteiger partial charge in [-0.25, -0.2) is 0 Å². The summed E-state index contributed by atoms with van der Waals surface area (Å²) in [5.74, 6) is 0.945. The number of hydrogen-bond donors (Lipinski definition) is 1. The summed E-state index contributed by atoms with van der Waals surface area (Å²) in [6.45, 7) is 3.84. The molecule has 1 N–H and O–H groups in total. The molecule has 2 nitrogen and oxygen atoms in total. The van der Waals surface area contributed by atoms with Gasteiger partial charge >= 0.3 is 0 Å². The Morgan fingerprint density at radius 2 is 2.20 bits per heavy atom. The van der Waals surface area contributed by atoms with Crippen LogP contribution in [-0.4, -0.2) is 6.04 Å². The molecule has 0 unspecified atom stereocenters.